The summed E-state index contributed by atoms with van der Waals surface area (Å²) in [4.78, 5) is 19.4. The van der Waals surface area contributed by atoms with Crippen molar-refractivity contribution in [2.24, 2.45) is 0 Å². The van der Waals surface area contributed by atoms with Crippen LogP contribution in [0.3, 0.4) is 0 Å². The molecule has 0 aromatic carbocycles. The van der Waals surface area contributed by atoms with E-state index in [-0.39, 0.29) is 6.42 Å². The van der Waals surface area contributed by atoms with E-state index in [1.54, 1.807) is 13.3 Å². The van der Waals surface area contributed by atoms with Gasteiger partial charge in [0.25, 0.3) is 0 Å². The molecule has 18 heavy (non-hydrogen) atoms. The van der Waals surface area contributed by atoms with Gasteiger partial charge in [-0.25, -0.2) is 4.98 Å². The third-order valence-electron chi connectivity index (χ3n) is 3.37. The number of aryl methyl sites for hydroxylation is 1. The molecule has 0 spiro atoms. The Morgan fingerprint density at radius 3 is 2.83 bits per heavy atom. The minimum Gasteiger partial charge on any atom is -0.481 e. The second-order valence-electron chi connectivity index (χ2n) is 4.64. The Hall–Kier alpha value is -1.65. The third kappa shape index (κ3) is 2.97. The minimum atomic E-state index is -0.822. The Morgan fingerprint density at radius 1 is 1.50 bits per heavy atom. The van der Waals surface area contributed by atoms with Gasteiger partial charge in [0.05, 0.1) is 7.11 Å². The fourth-order valence-corrected chi connectivity index (χ4v) is 2.37. The van der Waals surface area contributed by atoms with Gasteiger partial charge in [-0.05, 0) is 19.3 Å². The maximum absolute atomic E-state index is 10.6. The molecule has 0 aliphatic heterocycles. The molecule has 1 aromatic heterocycles. The van der Waals surface area contributed by atoms with E-state index in [0.717, 1.165) is 24.2 Å². The van der Waals surface area contributed by atoms with Gasteiger partial charge in [-0.3, -0.25) is 4.79 Å². The number of nitrogens with zero attached hydrogens (tertiary/aromatic N) is 2. The molecule has 98 valence electrons. The van der Waals surface area contributed by atoms with Gasteiger partial charge in [-0.2, -0.15) is 4.98 Å². The van der Waals surface area contributed by atoms with E-state index in [9.17, 15) is 4.79 Å². The molecule has 1 N–H and O–H groups in total. The zero-order valence-corrected chi connectivity index (χ0v) is 10.6. The zero-order valence-electron chi connectivity index (χ0n) is 10.6. The van der Waals surface area contributed by atoms with E-state index in [2.05, 4.69) is 9.97 Å². The molecule has 1 aromatic rings. The van der Waals surface area contributed by atoms with Crippen molar-refractivity contribution in [1.82, 2.24) is 9.97 Å². The van der Waals surface area contributed by atoms with Crippen molar-refractivity contribution in [3.63, 3.8) is 0 Å². The van der Waals surface area contributed by atoms with E-state index < -0.39 is 5.97 Å². The van der Waals surface area contributed by atoms with Crippen LogP contribution in [-0.4, -0.2) is 28.2 Å². The summed E-state index contributed by atoms with van der Waals surface area (Å²) in [6, 6.07) is 0. The molecular weight excluding hydrogens is 232 g/mol. The molecule has 1 saturated carbocycles. The van der Waals surface area contributed by atoms with E-state index in [4.69, 9.17) is 9.84 Å². The highest BCUT2D eigenvalue weighted by atomic mass is 16.5. The third-order valence-corrected chi connectivity index (χ3v) is 3.37. The summed E-state index contributed by atoms with van der Waals surface area (Å²) in [7, 11) is 1.56. The SMILES string of the molecule is COc1nc(C2CCCC2)ncc1CCC(=O)O. The van der Waals surface area contributed by atoms with Crippen LogP contribution in [0.4, 0.5) is 0 Å². The van der Waals surface area contributed by atoms with Crippen LogP contribution in [0.1, 0.15) is 49.4 Å². The van der Waals surface area contributed by atoms with Crippen molar-refractivity contribution in [3.8, 4) is 5.88 Å². The van der Waals surface area contributed by atoms with E-state index in [0.29, 0.717) is 18.2 Å². The van der Waals surface area contributed by atoms with Crippen LogP contribution in [0.15, 0.2) is 6.20 Å². The zero-order chi connectivity index (χ0) is 13.0. The van der Waals surface area contributed by atoms with Gasteiger partial charge in [-0.1, -0.05) is 12.8 Å². The maximum atomic E-state index is 10.6. The number of hydrogen-bond acceptors (Lipinski definition) is 4. The smallest absolute Gasteiger partial charge is 0.303 e. The summed E-state index contributed by atoms with van der Waals surface area (Å²) in [6.45, 7) is 0. The van der Waals surface area contributed by atoms with Gasteiger partial charge in [0, 0.05) is 24.1 Å². The van der Waals surface area contributed by atoms with Crippen molar-refractivity contribution in [1.29, 1.82) is 0 Å². The highest BCUT2D eigenvalue weighted by molar-refractivity contribution is 5.67. The fourth-order valence-electron chi connectivity index (χ4n) is 2.37. The molecule has 1 fully saturated rings. The van der Waals surface area contributed by atoms with E-state index in [1.807, 2.05) is 0 Å². The summed E-state index contributed by atoms with van der Waals surface area (Å²) in [5, 5.41) is 8.68. The molecule has 0 radical (unpaired) electrons. The number of carboxylic acid groups (broad SMARTS) is 1. The summed E-state index contributed by atoms with van der Waals surface area (Å²) in [5.41, 5.74) is 0.765. The summed E-state index contributed by atoms with van der Waals surface area (Å²) < 4.78 is 5.23. The van der Waals surface area contributed by atoms with Gasteiger partial charge < -0.3 is 9.84 Å². The van der Waals surface area contributed by atoms with Gasteiger partial charge in [0.15, 0.2) is 0 Å². The minimum absolute atomic E-state index is 0.0719. The number of hydrogen-bond donors (Lipinski definition) is 1. The van der Waals surface area contributed by atoms with Crippen molar-refractivity contribution in [2.75, 3.05) is 7.11 Å². The van der Waals surface area contributed by atoms with Crippen LogP contribution < -0.4 is 4.74 Å². The van der Waals surface area contributed by atoms with Gasteiger partial charge >= 0.3 is 5.97 Å². The number of carboxylic acids is 1. The van der Waals surface area contributed by atoms with Crippen LogP contribution in [-0.2, 0) is 11.2 Å². The van der Waals surface area contributed by atoms with Crippen molar-refractivity contribution in [3.05, 3.63) is 17.6 Å². The van der Waals surface area contributed by atoms with Crippen LogP contribution in [0.2, 0.25) is 0 Å². The fraction of sp³-hybridized carbons (Fsp3) is 0.615. The first-order valence-electron chi connectivity index (χ1n) is 6.32. The lowest BCUT2D eigenvalue weighted by Gasteiger charge is -2.11. The highest BCUT2D eigenvalue weighted by Crippen LogP contribution is 2.33. The normalized spacial score (nSPS) is 15.8. The van der Waals surface area contributed by atoms with Crippen LogP contribution in [0, 0.1) is 0 Å². The standard InChI is InChI=1S/C13H18N2O3/c1-18-13-10(6-7-11(16)17)8-14-12(15-13)9-4-2-3-5-9/h8-9H,2-7H2,1H3,(H,16,17). The molecule has 1 aliphatic carbocycles. The molecule has 2 rings (SSSR count). The summed E-state index contributed by atoms with van der Waals surface area (Å²) in [6.07, 6.45) is 6.93. The number of methoxy groups -OCH3 is 1. The lowest BCUT2D eigenvalue weighted by molar-refractivity contribution is -0.136. The number of ether oxygens (including phenoxy) is 1. The van der Waals surface area contributed by atoms with E-state index in [1.165, 1.54) is 12.8 Å². The Balaban J connectivity index is 2.14. The Labute approximate surface area is 106 Å². The summed E-state index contributed by atoms with van der Waals surface area (Å²) in [5.74, 6) is 0.973. The van der Waals surface area contributed by atoms with Crippen LogP contribution >= 0.6 is 0 Å². The summed E-state index contributed by atoms with van der Waals surface area (Å²) >= 11 is 0. The number of rotatable bonds is 5. The Kier molecular flexibility index (Phi) is 4.12. The molecule has 0 atom stereocenters. The van der Waals surface area contributed by atoms with E-state index >= 15 is 0 Å². The molecule has 1 heterocycles. The Bertz CT molecular complexity index is 428. The molecule has 5 nitrogen and oxygen atoms in total. The number of aliphatic carboxylic acids is 1. The number of carbonyl (C=O) groups is 1. The second kappa shape index (κ2) is 5.80. The number of aromatic nitrogens is 2. The lowest BCUT2D eigenvalue weighted by Crippen LogP contribution is -2.06. The van der Waals surface area contributed by atoms with Gasteiger partial charge in [0.2, 0.25) is 5.88 Å². The molecule has 0 unspecified atom stereocenters. The molecule has 5 heteroatoms. The first-order valence-corrected chi connectivity index (χ1v) is 6.32. The Morgan fingerprint density at radius 2 is 2.22 bits per heavy atom. The maximum Gasteiger partial charge on any atom is 0.303 e. The molecule has 0 bridgehead atoms. The quantitative estimate of drug-likeness (QED) is 0.867. The predicted octanol–water partition coefficient (Wildman–Crippen LogP) is 2.16. The lowest BCUT2D eigenvalue weighted by atomic mass is 10.1. The molecular formula is C13H18N2O3. The molecule has 0 amide bonds. The first-order chi connectivity index (χ1) is 8.70. The monoisotopic (exact) mass is 250 g/mol. The van der Waals surface area contributed by atoms with Crippen LogP contribution in [0.5, 0.6) is 5.88 Å². The molecule has 1 aliphatic rings. The average Bonchev–Trinajstić information content (AvgIpc) is 2.90. The molecule has 0 saturated heterocycles. The predicted molar refractivity (Wildman–Crippen MR) is 65.7 cm³/mol. The largest absolute Gasteiger partial charge is 0.481 e. The first kappa shape index (κ1) is 12.8. The highest BCUT2D eigenvalue weighted by Gasteiger charge is 2.21. The van der Waals surface area contributed by atoms with Crippen molar-refractivity contribution < 1.29 is 14.6 Å². The van der Waals surface area contributed by atoms with Crippen LogP contribution in [0.25, 0.3) is 0 Å². The topological polar surface area (TPSA) is 72.3 Å². The van der Waals surface area contributed by atoms with Gasteiger partial charge in [-0.15, -0.1) is 0 Å². The second-order valence-corrected chi connectivity index (χ2v) is 4.64. The van der Waals surface area contributed by atoms with Gasteiger partial charge in [0.1, 0.15) is 5.82 Å². The average molecular weight is 250 g/mol. The van der Waals surface area contributed by atoms with Crippen molar-refractivity contribution in [2.45, 2.75) is 44.4 Å². The van der Waals surface area contributed by atoms with Crippen molar-refractivity contribution >= 4 is 5.97 Å².